The van der Waals surface area contributed by atoms with Gasteiger partial charge in [0.2, 0.25) is 0 Å². The number of benzene rings is 1. The second kappa shape index (κ2) is 5.16. The minimum atomic E-state index is -0.823. The molecule has 0 aromatic heterocycles. The average molecular weight is 228 g/mol. The van der Waals surface area contributed by atoms with Crippen LogP contribution in [0.1, 0.15) is 29.3 Å². The molecule has 0 saturated heterocycles. The van der Waals surface area contributed by atoms with Crippen molar-refractivity contribution >= 4 is 5.78 Å². The summed E-state index contributed by atoms with van der Waals surface area (Å²) >= 11 is 0. The van der Waals surface area contributed by atoms with Crippen molar-refractivity contribution in [3.05, 3.63) is 34.9 Å². The van der Waals surface area contributed by atoms with Gasteiger partial charge in [0, 0.05) is 13.5 Å². The normalized spacial score (nSPS) is 12.6. The van der Waals surface area contributed by atoms with Gasteiger partial charge in [-0.05, 0) is 25.5 Å². The Labute approximate surface area is 93.2 Å². The second-order valence-electron chi connectivity index (χ2n) is 3.73. The van der Waals surface area contributed by atoms with Crippen molar-refractivity contribution in [1.29, 1.82) is 0 Å². The van der Waals surface area contributed by atoms with Crippen molar-refractivity contribution in [2.24, 2.45) is 0 Å². The zero-order chi connectivity index (χ0) is 12.3. The van der Waals surface area contributed by atoms with E-state index < -0.39 is 23.0 Å². The number of carbonyl (C=O) groups excluding carboxylic acids is 1. The van der Waals surface area contributed by atoms with Gasteiger partial charge in [-0.1, -0.05) is 6.07 Å². The number of methoxy groups -OCH3 is 1. The lowest BCUT2D eigenvalue weighted by Gasteiger charge is -2.10. The number of halogens is 2. The maximum Gasteiger partial charge on any atom is 0.171 e. The number of aryl methyl sites for hydroxylation is 1. The van der Waals surface area contributed by atoms with Gasteiger partial charge in [0.25, 0.3) is 0 Å². The van der Waals surface area contributed by atoms with E-state index in [1.54, 1.807) is 6.92 Å². The van der Waals surface area contributed by atoms with Gasteiger partial charge >= 0.3 is 0 Å². The lowest BCUT2D eigenvalue weighted by atomic mass is 10.0. The highest BCUT2D eigenvalue weighted by Gasteiger charge is 2.20. The third kappa shape index (κ3) is 2.64. The third-order valence-electron chi connectivity index (χ3n) is 2.44. The smallest absolute Gasteiger partial charge is 0.171 e. The van der Waals surface area contributed by atoms with Crippen molar-refractivity contribution in [2.75, 3.05) is 7.11 Å². The molecule has 0 radical (unpaired) electrons. The van der Waals surface area contributed by atoms with Crippen LogP contribution in [0, 0.1) is 18.6 Å². The van der Waals surface area contributed by atoms with E-state index in [1.807, 2.05) is 0 Å². The van der Waals surface area contributed by atoms with Crippen LogP contribution in [0.3, 0.4) is 0 Å². The van der Waals surface area contributed by atoms with E-state index in [2.05, 4.69) is 0 Å². The first-order chi connectivity index (χ1) is 7.47. The van der Waals surface area contributed by atoms with Crippen molar-refractivity contribution in [2.45, 2.75) is 26.4 Å². The molecular weight excluding hydrogens is 214 g/mol. The number of hydrogen-bond donors (Lipinski definition) is 0. The molecule has 4 heteroatoms. The van der Waals surface area contributed by atoms with E-state index >= 15 is 0 Å². The predicted molar refractivity (Wildman–Crippen MR) is 56.5 cm³/mol. The molecule has 16 heavy (non-hydrogen) atoms. The fraction of sp³-hybridized carbons (Fsp3) is 0.417. The van der Waals surface area contributed by atoms with Crippen LogP contribution in [0.4, 0.5) is 8.78 Å². The highest BCUT2D eigenvalue weighted by molar-refractivity contribution is 5.97. The summed E-state index contributed by atoms with van der Waals surface area (Å²) in [5.41, 5.74) is -0.210. The van der Waals surface area contributed by atoms with Crippen LogP contribution < -0.4 is 0 Å². The number of ketones is 1. The molecule has 1 atom stereocenters. The molecule has 0 aliphatic heterocycles. The molecule has 0 saturated carbocycles. The zero-order valence-corrected chi connectivity index (χ0v) is 9.51. The van der Waals surface area contributed by atoms with Crippen molar-refractivity contribution in [3.8, 4) is 0 Å². The zero-order valence-electron chi connectivity index (χ0n) is 9.51. The van der Waals surface area contributed by atoms with Gasteiger partial charge in [0.15, 0.2) is 5.78 Å². The molecule has 0 N–H and O–H groups in total. The number of Topliss-reactive ketones (excluding diaryl/α,β-unsaturated/α-hetero) is 1. The summed E-state index contributed by atoms with van der Waals surface area (Å²) in [5, 5.41) is 0. The Morgan fingerprint density at radius 1 is 1.44 bits per heavy atom. The molecule has 1 rings (SSSR count). The summed E-state index contributed by atoms with van der Waals surface area (Å²) in [7, 11) is 1.45. The van der Waals surface area contributed by atoms with Crippen LogP contribution >= 0.6 is 0 Å². The van der Waals surface area contributed by atoms with Crippen LogP contribution in [0.5, 0.6) is 0 Å². The lowest BCUT2D eigenvalue weighted by molar-refractivity contribution is 0.0785. The summed E-state index contributed by atoms with van der Waals surface area (Å²) < 4.78 is 31.8. The summed E-state index contributed by atoms with van der Waals surface area (Å²) in [6, 6.07) is 2.41. The van der Waals surface area contributed by atoms with Gasteiger partial charge in [0.05, 0.1) is 11.7 Å². The highest BCUT2D eigenvalue weighted by Crippen LogP contribution is 2.18. The lowest BCUT2D eigenvalue weighted by Crippen LogP contribution is -2.15. The minimum Gasteiger partial charge on any atom is -0.381 e. The largest absolute Gasteiger partial charge is 0.381 e. The molecule has 88 valence electrons. The number of rotatable bonds is 4. The molecule has 1 aromatic carbocycles. The standard InChI is InChI=1S/C12H14F2O2/c1-7-4-5-9(13)11(12(7)14)10(15)6-8(2)16-3/h4-5,8H,6H2,1-3H3. The number of carbonyl (C=O) groups is 1. The first kappa shape index (κ1) is 12.8. The highest BCUT2D eigenvalue weighted by atomic mass is 19.1. The van der Waals surface area contributed by atoms with E-state index in [4.69, 9.17) is 4.74 Å². The molecule has 0 bridgehead atoms. The van der Waals surface area contributed by atoms with Gasteiger partial charge in [0.1, 0.15) is 11.6 Å². The molecule has 0 amide bonds. The van der Waals surface area contributed by atoms with Crippen LogP contribution in [-0.4, -0.2) is 19.0 Å². The number of ether oxygens (including phenoxy) is 1. The Kier molecular flexibility index (Phi) is 4.12. The summed E-state index contributed by atoms with van der Waals surface area (Å²) in [4.78, 5) is 11.6. The van der Waals surface area contributed by atoms with Gasteiger partial charge < -0.3 is 4.74 Å². The maximum absolute atomic E-state index is 13.6. The summed E-state index contributed by atoms with van der Waals surface area (Å²) in [6.45, 7) is 3.16. The summed E-state index contributed by atoms with van der Waals surface area (Å²) in [6.07, 6.45) is -0.389. The molecule has 0 aliphatic carbocycles. The molecule has 0 spiro atoms. The van der Waals surface area contributed by atoms with Crippen LogP contribution in [0.2, 0.25) is 0 Å². The van der Waals surface area contributed by atoms with Crippen LogP contribution in [0.25, 0.3) is 0 Å². The topological polar surface area (TPSA) is 26.3 Å². The Balaban J connectivity index is 3.03. The SMILES string of the molecule is COC(C)CC(=O)c1c(F)ccc(C)c1F. The van der Waals surface area contributed by atoms with Gasteiger partial charge in [-0.3, -0.25) is 4.79 Å². The third-order valence-corrected chi connectivity index (χ3v) is 2.44. The van der Waals surface area contributed by atoms with Gasteiger partial charge in [-0.25, -0.2) is 8.78 Å². The fourth-order valence-corrected chi connectivity index (χ4v) is 1.36. The quantitative estimate of drug-likeness (QED) is 0.741. The minimum absolute atomic E-state index is 0.0339. The van der Waals surface area contributed by atoms with Crippen molar-refractivity contribution in [3.63, 3.8) is 0 Å². The first-order valence-electron chi connectivity index (χ1n) is 4.98. The van der Waals surface area contributed by atoms with E-state index in [1.165, 1.54) is 20.1 Å². The van der Waals surface area contributed by atoms with E-state index in [-0.39, 0.29) is 18.1 Å². The maximum atomic E-state index is 13.6. The van der Waals surface area contributed by atoms with Crippen LogP contribution in [0.15, 0.2) is 12.1 Å². The van der Waals surface area contributed by atoms with Gasteiger partial charge in [-0.2, -0.15) is 0 Å². The first-order valence-corrected chi connectivity index (χ1v) is 4.98. The molecule has 0 fully saturated rings. The molecule has 1 aromatic rings. The number of hydrogen-bond acceptors (Lipinski definition) is 2. The molecular formula is C12H14F2O2. The second-order valence-corrected chi connectivity index (χ2v) is 3.73. The summed E-state index contributed by atoms with van der Waals surface area (Å²) in [5.74, 6) is -2.18. The van der Waals surface area contributed by atoms with Crippen molar-refractivity contribution < 1.29 is 18.3 Å². The van der Waals surface area contributed by atoms with E-state index in [0.29, 0.717) is 0 Å². The average Bonchev–Trinajstić information content (AvgIpc) is 2.24. The molecule has 2 nitrogen and oxygen atoms in total. The molecule has 0 aliphatic rings. The monoisotopic (exact) mass is 228 g/mol. The Morgan fingerprint density at radius 2 is 2.06 bits per heavy atom. The molecule has 1 unspecified atom stereocenters. The van der Waals surface area contributed by atoms with E-state index in [9.17, 15) is 13.6 Å². The molecule has 0 heterocycles. The van der Waals surface area contributed by atoms with Gasteiger partial charge in [-0.15, -0.1) is 0 Å². The Morgan fingerprint density at radius 3 is 2.62 bits per heavy atom. The Bertz CT molecular complexity index is 402. The fourth-order valence-electron chi connectivity index (χ4n) is 1.36. The van der Waals surface area contributed by atoms with E-state index in [0.717, 1.165) is 6.07 Å². The predicted octanol–water partition coefficient (Wildman–Crippen LogP) is 2.88. The van der Waals surface area contributed by atoms with Crippen molar-refractivity contribution in [1.82, 2.24) is 0 Å². The Hall–Kier alpha value is -1.29. The van der Waals surface area contributed by atoms with Crippen LogP contribution in [-0.2, 0) is 4.74 Å².